The highest BCUT2D eigenvalue weighted by molar-refractivity contribution is 6.58. The summed E-state index contributed by atoms with van der Waals surface area (Å²) < 4.78 is 17.8. The first-order valence-corrected chi connectivity index (χ1v) is 7.96. The highest BCUT2D eigenvalue weighted by Gasteiger charge is 2.15. The summed E-state index contributed by atoms with van der Waals surface area (Å²) in [6.07, 6.45) is -1.11. The minimum absolute atomic E-state index is 0.248. The maximum atomic E-state index is 13.2. The predicted molar refractivity (Wildman–Crippen MR) is 63.3 cm³/mol. The number of halogens is 1. The van der Waals surface area contributed by atoms with Crippen LogP contribution in [-0.4, -0.2) is 21.1 Å². The number of carbonyl (C=O) groups is 1. The number of rotatable bonds is 7. The Bertz CT molecular complexity index is 215. The zero-order valence-corrected chi connectivity index (χ0v) is 11.0. The van der Waals surface area contributed by atoms with Crippen LogP contribution in [0.5, 0.6) is 0 Å². The van der Waals surface area contributed by atoms with Crippen LogP contribution in [0.2, 0.25) is 18.1 Å². The van der Waals surface area contributed by atoms with E-state index < -0.39 is 21.1 Å². The first-order chi connectivity index (χ1) is 7.01. The Labute approximate surface area is 93.1 Å². The summed E-state index contributed by atoms with van der Waals surface area (Å²) >= 11 is 0. The lowest BCUT2D eigenvalue weighted by molar-refractivity contribution is -0.152. The van der Waals surface area contributed by atoms with Gasteiger partial charge in [0.05, 0.1) is 0 Å². The molecule has 0 saturated heterocycles. The summed E-state index contributed by atoms with van der Waals surface area (Å²) in [5.74, 6) is -0.631. The Kier molecular flexibility index (Phi) is 7.30. The number of hydrogen-bond acceptors (Lipinski definition) is 2. The molecule has 0 aliphatic heterocycles. The van der Waals surface area contributed by atoms with Gasteiger partial charge in [-0.1, -0.05) is 38.6 Å². The van der Waals surface area contributed by atoms with Crippen LogP contribution in [0.1, 0.15) is 27.2 Å². The van der Waals surface area contributed by atoms with Crippen LogP contribution >= 0.6 is 0 Å². The Hall–Kier alpha value is -0.643. The van der Waals surface area contributed by atoms with Crippen molar-refractivity contribution in [1.29, 1.82) is 0 Å². The second-order valence-electron chi connectivity index (χ2n) is 3.86. The topological polar surface area (TPSA) is 26.3 Å². The van der Waals surface area contributed by atoms with Gasteiger partial charge >= 0.3 is 5.97 Å². The molecular weight excluding hydrogens is 211 g/mol. The molecule has 0 aliphatic carbocycles. The van der Waals surface area contributed by atoms with Gasteiger partial charge in [0.15, 0.2) is 0 Å². The zero-order chi connectivity index (χ0) is 11.8. The smallest absolute Gasteiger partial charge is 0.335 e. The Morgan fingerprint density at radius 1 is 1.47 bits per heavy atom. The lowest BCUT2D eigenvalue weighted by Crippen LogP contribution is -2.17. The molecular formula is C11H21FO2Si. The molecule has 0 aromatic heterocycles. The molecule has 88 valence electrons. The molecule has 0 spiro atoms. The van der Waals surface area contributed by atoms with E-state index in [1.807, 2.05) is 0 Å². The van der Waals surface area contributed by atoms with E-state index in [1.165, 1.54) is 19.0 Å². The number of esters is 1. The largest absolute Gasteiger partial charge is 0.428 e. The Morgan fingerprint density at radius 3 is 2.40 bits per heavy atom. The monoisotopic (exact) mass is 232 g/mol. The van der Waals surface area contributed by atoms with E-state index in [4.69, 9.17) is 0 Å². The van der Waals surface area contributed by atoms with Gasteiger partial charge in [0.2, 0.25) is 6.36 Å². The van der Waals surface area contributed by atoms with E-state index >= 15 is 0 Å². The number of carbonyl (C=O) groups excluding carboxylic acids is 1. The minimum atomic E-state index is -1.46. The molecule has 0 heterocycles. The molecule has 1 atom stereocenters. The molecule has 0 saturated carbocycles. The quantitative estimate of drug-likeness (QED) is 0.383. The van der Waals surface area contributed by atoms with Gasteiger partial charge in [-0.25, -0.2) is 9.18 Å². The van der Waals surface area contributed by atoms with Crippen LogP contribution < -0.4 is 0 Å². The molecule has 0 fully saturated rings. The van der Waals surface area contributed by atoms with Crippen molar-refractivity contribution < 1.29 is 13.9 Å². The van der Waals surface area contributed by atoms with Crippen molar-refractivity contribution in [1.82, 2.24) is 0 Å². The van der Waals surface area contributed by atoms with Crippen LogP contribution in [-0.2, 0) is 9.53 Å². The SMILES string of the molecule is C=C(C)C(=O)OC(F)CC[SiH](CC)CC. The van der Waals surface area contributed by atoms with Crippen LogP contribution in [0.3, 0.4) is 0 Å². The fourth-order valence-electron chi connectivity index (χ4n) is 1.34. The lowest BCUT2D eigenvalue weighted by Gasteiger charge is -2.13. The summed E-state index contributed by atoms with van der Waals surface area (Å²) in [5.41, 5.74) is 0.248. The molecule has 0 N–H and O–H groups in total. The van der Waals surface area contributed by atoms with Gasteiger partial charge in [-0.3, -0.25) is 0 Å². The summed E-state index contributed by atoms with van der Waals surface area (Å²) in [4.78, 5) is 11.0. The molecule has 0 aromatic carbocycles. The normalized spacial score (nSPS) is 12.6. The summed E-state index contributed by atoms with van der Waals surface area (Å²) in [6, 6.07) is 3.26. The molecule has 0 bridgehead atoms. The molecule has 2 nitrogen and oxygen atoms in total. The Morgan fingerprint density at radius 2 is 2.00 bits per heavy atom. The molecule has 0 aliphatic rings. The second-order valence-corrected chi connectivity index (χ2v) is 7.80. The second kappa shape index (κ2) is 7.62. The average molecular weight is 232 g/mol. The van der Waals surface area contributed by atoms with Crippen LogP contribution in [0.25, 0.3) is 0 Å². The van der Waals surface area contributed by atoms with Crippen molar-refractivity contribution in [2.45, 2.75) is 51.7 Å². The maximum absolute atomic E-state index is 13.2. The van der Waals surface area contributed by atoms with Crippen molar-refractivity contribution in [2.24, 2.45) is 0 Å². The highest BCUT2D eigenvalue weighted by atomic mass is 28.3. The van der Waals surface area contributed by atoms with Crippen LogP contribution in [0.15, 0.2) is 12.2 Å². The molecule has 1 unspecified atom stereocenters. The highest BCUT2D eigenvalue weighted by Crippen LogP contribution is 2.13. The molecule has 0 amide bonds. The van der Waals surface area contributed by atoms with Gasteiger partial charge in [-0.15, -0.1) is 0 Å². The predicted octanol–water partition coefficient (Wildman–Crippen LogP) is 3.06. The summed E-state index contributed by atoms with van der Waals surface area (Å²) in [5, 5.41) is 0. The van der Waals surface area contributed by atoms with Crippen molar-refractivity contribution in [3.63, 3.8) is 0 Å². The Balaban J connectivity index is 3.79. The number of hydrogen-bond donors (Lipinski definition) is 0. The lowest BCUT2D eigenvalue weighted by atomic mass is 10.4. The molecule has 15 heavy (non-hydrogen) atoms. The van der Waals surface area contributed by atoms with Crippen LogP contribution in [0, 0.1) is 0 Å². The molecule has 0 rings (SSSR count). The fourth-order valence-corrected chi connectivity index (χ4v) is 3.47. The first-order valence-electron chi connectivity index (χ1n) is 5.51. The van der Waals surface area contributed by atoms with Gasteiger partial charge in [-0.05, 0) is 6.92 Å². The van der Waals surface area contributed by atoms with E-state index in [2.05, 4.69) is 25.2 Å². The third-order valence-corrected chi connectivity index (χ3v) is 6.00. The van der Waals surface area contributed by atoms with Gasteiger partial charge in [-0.2, -0.15) is 0 Å². The van der Waals surface area contributed by atoms with E-state index in [-0.39, 0.29) is 5.57 Å². The molecule has 0 aromatic rings. The zero-order valence-electron chi connectivity index (χ0n) is 9.88. The molecule has 4 heteroatoms. The van der Waals surface area contributed by atoms with Gasteiger partial charge in [0.25, 0.3) is 0 Å². The van der Waals surface area contributed by atoms with Gasteiger partial charge in [0.1, 0.15) is 0 Å². The average Bonchev–Trinajstić information content (AvgIpc) is 2.19. The third-order valence-electron chi connectivity index (χ3n) is 2.54. The van der Waals surface area contributed by atoms with Crippen molar-refractivity contribution in [2.75, 3.05) is 0 Å². The van der Waals surface area contributed by atoms with Crippen LogP contribution in [0.4, 0.5) is 4.39 Å². The van der Waals surface area contributed by atoms with E-state index in [1.54, 1.807) is 0 Å². The van der Waals surface area contributed by atoms with E-state index in [0.717, 1.165) is 6.04 Å². The first kappa shape index (κ1) is 14.4. The van der Waals surface area contributed by atoms with Crippen molar-refractivity contribution in [3.8, 4) is 0 Å². The van der Waals surface area contributed by atoms with Gasteiger partial charge in [0, 0.05) is 20.8 Å². The van der Waals surface area contributed by atoms with E-state index in [0.29, 0.717) is 6.42 Å². The van der Waals surface area contributed by atoms with E-state index in [9.17, 15) is 9.18 Å². The van der Waals surface area contributed by atoms with Gasteiger partial charge < -0.3 is 4.74 Å². The number of ether oxygens (including phenoxy) is 1. The van der Waals surface area contributed by atoms with Crippen molar-refractivity contribution >= 4 is 14.8 Å². The summed E-state index contributed by atoms with van der Waals surface area (Å²) in [7, 11) is -0.772. The third kappa shape index (κ3) is 6.44. The fraction of sp³-hybridized carbons (Fsp3) is 0.727. The summed E-state index contributed by atoms with van der Waals surface area (Å²) in [6.45, 7) is 9.21. The molecule has 0 radical (unpaired) electrons. The number of alkyl halides is 1. The standard InChI is InChI=1S/C11H21FO2Si/c1-5-15(6-2)8-7-10(12)14-11(13)9(3)4/h10,15H,3,5-8H2,1-2,4H3. The maximum Gasteiger partial charge on any atom is 0.335 e. The van der Waals surface area contributed by atoms with Crippen molar-refractivity contribution in [3.05, 3.63) is 12.2 Å². The minimum Gasteiger partial charge on any atom is -0.428 e.